The topological polar surface area (TPSA) is 374 Å². The van der Waals surface area contributed by atoms with E-state index in [4.69, 9.17) is 22.9 Å². The molecule has 0 saturated heterocycles. The number of carboxylic acids is 1. The zero-order chi connectivity index (χ0) is 60.7. The minimum atomic E-state index is -1.02. The lowest BCUT2D eigenvalue weighted by Gasteiger charge is -2.34. The molecular weight excluding hydrogens is 1050 g/mol. The van der Waals surface area contributed by atoms with Crippen molar-refractivity contribution in [2.24, 2.45) is 58.4 Å². The largest absolute Gasteiger partial charge is 0.481 e. The van der Waals surface area contributed by atoms with Gasteiger partial charge in [-0.2, -0.15) is 0 Å². The van der Waals surface area contributed by atoms with Crippen LogP contribution in [0.5, 0.6) is 0 Å². The lowest BCUT2D eigenvalue weighted by molar-refractivity contribution is -0.138. The van der Waals surface area contributed by atoms with Crippen LogP contribution in [0, 0.1) is 35.5 Å². The molecule has 0 aromatic carbocycles. The van der Waals surface area contributed by atoms with Gasteiger partial charge in [0.15, 0.2) is 0 Å². The molecule has 12 atom stereocenters. The highest BCUT2D eigenvalue weighted by atomic mass is 16.4. The molecule has 22 nitrogen and oxygen atoms in total. The van der Waals surface area contributed by atoms with E-state index >= 15 is 0 Å². The number of aliphatic carboxylic acids is 1. The quantitative estimate of drug-likeness (QED) is 0.0394. The molecule has 0 spiro atoms. The number of carbonyl (C=O) groups is 9. The van der Waals surface area contributed by atoms with E-state index in [0.29, 0.717) is 96.7 Å². The van der Waals surface area contributed by atoms with Crippen molar-refractivity contribution in [3.05, 3.63) is 0 Å². The molecule has 3 aliphatic carbocycles. The van der Waals surface area contributed by atoms with Crippen LogP contribution < -0.4 is 65.5 Å². The molecule has 82 heavy (non-hydrogen) atoms. The maximum Gasteiger partial charge on any atom is 0.305 e. The smallest absolute Gasteiger partial charge is 0.305 e. The zero-order valence-corrected chi connectivity index (χ0v) is 50.8. The number of amides is 8. The second-order valence-corrected chi connectivity index (χ2v) is 25.0. The summed E-state index contributed by atoms with van der Waals surface area (Å²) in [5.74, 6) is -4.87. The van der Waals surface area contributed by atoms with Crippen LogP contribution in [0.4, 0.5) is 0 Å². The molecule has 3 rings (SSSR count). The number of nitrogens with two attached hydrogens (primary N) is 4. The Morgan fingerprint density at radius 2 is 0.695 bits per heavy atom. The summed E-state index contributed by atoms with van der Waals surface area (Å²) in [6.45, 7) is 12.9. The fourth-order valence-corrected chi connectivity index (χ4v) is 11.9. The average Bonchev–Trinajstić information content (AvgIpc) is 3.46. The van der Waals surface area contributed by atoms with Crippen LogP contribution in [-0.4, -0.2) is 132 Å². The first-order valence-electron chi connectivity index (χ1n) is 31.5. The van der Waals surface area contributed by atoms with Crippen molar-refractivity contribution in [3.8, 4) is 0 Å². The number of nitrogens with one attached hydrogen (secondary N) is 8. The molecule has 3 aliphatic rings. The first kappa shape index (κ1) is 71.3. The van der Waals surface area contributed by atoms with Gasteiger partial charge in [0.05, 0.1) is 24.2 Å². The molecule has 470 valence electrons. The normalized spacial score (nSPS) is 22.4. The van der Waals surface area contributed by atoms with Gasteiger partial charge in [0.2, 0.25) is 47.3 Å². The Hall–Kier alpha value is -4.93. The van der Waals surface area contributed by atoms with Crippen LogP contribution in [0.1, 0.15) is 215 Å². The molecule has 3 saturated carbocycles. The molecule has 0 radical (unpaired) electrons. The second kappa shape index (κ2) is 38.8. The zero-order valence-electron chi connectivity index (χ0n) is 50.8. The van der Waals surface area contributed by atoms with Crippen molar-refractivity contribution >= 4 is 53.2 Å². The van der Waals surface area contributed by atoms with Crippen molar-refractivity contribution in [2.45, 2.75) is 269 Å². The molecular formula is C60H110N12O10. The summed E-state index contributed by atoms with van der Waals surface area (Å²) in [4.78, 5) is 121. The summed E-state index contributed by atoms with van der Waals surface area (Å²) in [6, 6.07) is -4.22. The third kappa shape index (κ3) is 27.2. The molecule has 17 N–H and O–H groups in total. The molecule has 0 aromatic heterocycles. The third-order valence-corrected chi connectivity index (χ3v) is 17.1. The lowest BCUT2D eigenvalue weighted by atomic mass is 9.83. The van der Waals surface area contributed by atoms with E-state index in [1.807, 2.05) is 41.5 Å². The Bertz CT molecular complexity index is 1990. The highest BCUT2D eigenvalue weighted by molar-refractivity contribution is 5.86. The second-order valence-electron chi connectivity index (χ2n) is 25.0. The highest BCUT2D eigenvalue weighted by Crippen LogP contribution is 2.28. The van der Waals surface area contributed by atoms with Gasteiger partial charge in [-0.15, -0.1) is 0 Å². The van der Waals surface area contributed by atoms with E-state index in [1.165, 1.54) is 0 Å². The fourth-order valence-electron chi connectivity index (χ4n) is 11.9. The van der Waals surface area contributed by atoms with Gasteiger partial charge in [0, 0.05) is 86.5 Å². The van der Waals surface area contributed by atoms with Crippen molar-refractivity contribution in [1.29, 1.82) is 0 Å². The maximum absolute atomic E-state index is 14.2. The third-order valence-electron chi connectivity index (χ3n) is 17.1. The minimum Gasteiger partial charge on any atom is -0.481 e. The van der Waals surface area contributed by atoms with E-state index in [-0.39, 0.29) is 115 Å². The van der Waals surface area contributed by atoms with Crippen LogP contribution in [0.15, 0.2) is 0 Å². The molecule has 0 unspecified atom stereocenters. The standard InChI is InChI=1S/C60H110N12O10/c1-37(2)49(70-58(80)43-22-7-10-25-46(43)64)34-54(75)65-40(19-13-16-28-61)31-52(73)68-47-26-11-8-23-44(47)59(81)71-50(38(3)4)35-55(76)66-41(20-14-17-29-62)32-53(74)69-48-27-12-9-24-45(48)60(82)72-51(39(5)6)36-56(77)67-42(33-57(78)79)21-15-18-30-63/h37-51H,7-36,61-64H2,1-6H3,(H,65,75)(H,66,76)(H,67,77)(H,68,73)(H,69,74)(H,70,80)(H,71,81)(H,72,82)(H,78,79)/t40-,41-,42-,43-,44-,45-,46-,47-,48-,49-,50-,51-/m0/s1. The van der Waals surface area contributed by atoms with Crippen molar-refractivity contribution in [3.63, 3.8) is 0 Å². The summed E-state index contributed by atoms with van der Waals surface area (Å²) >= 11 is 0. The van der Waals surface area contributed by atoms with Gasteiger partial charge < -0.3 is 70.6 Å². The Morgan fingerprint density at radius 3 is 1.01 bits per heavy atom. The Kier molecular flexibility index (Phi) is 33.8. The summed E-state index contributed by atoms with van der Waals surface area (Å²) in [5, 5.41) is 33.9. The predicted octanol–water partition coefficient (Wildman–Crippen LogP) is 3.54. The van der Waals surface area contributed by atoms with Crippen LogP contribution in [0.25, 0.3) is 0 Å². The maximum atomic E-state index is 14.2. The van der Waals surface area contributed by atoms with E-state index < -0.39 is 66.1 Å². The van der Waals surface area contributed by atoms with Gasteiger partial charge in [-0.25, -0.2) is 0 Å². The number of rotatable bonds is 38. The summed E-state index contributed by atoms with van der Waals surface area (Å²) in [6.07, 6.45) is 14.3. The SMILES string of the molecule is CC(C)[C@H](CC(=O)N[C@@H](CCCCN)CC(=O)O)NC(=O)[C@H]1CCCC[C@@H]1NC(=O)C[C@H](CCCCN)NC(=O)C[C@H](NC(=O)[C@H]1CCCC[C@@H]1NC(=O)C[C@H](CCCCN)NC(=O)C[C@H](NC(=O)[C@H]1CCCC[C@@H]1N)C(C)C)C(C)C. The molecule has 0 bridgehead atoms. The molecule has 0 heterocycles. The van der Waals surface area contributed by atoms with Gasteiger partial charge in [0.1, 0.15) is 0 Å². The Morgan fingerprint density at radius 1 is 0.390 bits per heavy atom. The van der Waals surface area contributed by atoms with E-state index in [0.717, 1.165) is 57.8 Å². The number of hydrogen-bond acceptors (Lipinski definition) is 13. The number of unbranched alkanes of at least 4 members (excludes halogenated alkanes) is 3. The Balaban J connectivity index is 1.62. The van der Waals surface area contributed by atoms with E-state index in [9.17, 15) is 48.3 Å². The number of hydrogen-bond donors (Lipinski definition) is 13. The highest BCUT2D eigenvalue weighted by Gasteiger charge is 2.37. The van der Waals surface area contributed by atoms with Crippen LogP contribution in [0.2, 0.25) is 0 Å². The van der Waals surface area contributed by atoms with Gasteiger partial charge >= 0.3 is 5.97 Å². The van der Waals surface area contributed by atoms with Gasteiger partial charge in [0.25, 0.3) is 0 Å². The first-order chi connectivity index (χ1) is 39.0. The van der Waals surface area contributed by atoms with E-state index in [2.05, 4.69) is 42.5 Å². The number of carbonyl (C=O) groups excluding carboxylic acids is 8. The van der Waals surface area contributed by atoms with Crippen molar-refractivity contribution in [2.75, 3.05) is 19.6 Å². The van der Waals surface area contributed by atoms with Crippen LogP contribution in [0.3, 0.4) is 0 Å². The van der Waals surface area contributed by atoms with Crippen LogP contribution in [-0.2, 0) is 43.2 Å². The van der Waals surface area contributed by atoms with Crippen molar-refractivity contribution < 1.29 is 48.3 Å². The van der Waals surface area contributed by atoms with Gasteiger partial charge in [-0.1, -0.05) is 99.3 Å². The van der Waals surface area contributed by atoms with Gasteiger partial charge in [-0.3, -0.25) is 43.2 Å². The van der Waals surface area contributed by atoms with Gasteiger partial charge in [-0.05, 0) is 114 Å². The van der Waals surface area contributed by atoms with Crippen molar-refractivity contribution in [1.82, 2.24) is 42.5 Å². The van der Waals surface area contributed by atoms with E-state index in [1.54, 1.807) is 0 Å². The Labute approximate surface area is 489 Å². The number of carboxylic acid groups (broad SMARTS) is 1. The minimum absolute atomic E-state index is 0.00379. The summed E-state index contributed by atoms with van der Waals surface area (Å²) < 4.78 is 0. The average molecular weight is 1160 g/mol. The molecule has 8 amide bonds. The first-order valence-corrected chi connectivity index (χ1v) is 31.5. The van der Waals surface area contributed by atoms with Crippen LogP contribution >= 0.6 is 0 Å². The molecule has 3 fully saturated rings. The summed E-state index contributed by atoms with van der Waals surface area (Å²) in [7, 11) is 0. The molecule has 0 aromatic rings. The lowest BCUT2D eigenvalue weighted by Crippen LogP contribution is -2.53. The summed E-state index contributed by atoms with van der Waals surface area (Å²) in [5.41, 5.74) is 23.6. The monoisotopic (exact) mass is 1160 g/mol. The fraction of sp³-hybridized carbons (Fsp3) is 0.850. The molecule has 0 aliphatic heterocycles. The predicted molar refractivity (Wildman–Crippen MR) is 318 cm³/mol. The molecule has 22 heteroatoms.